The van der Waals surface area contributed by atoms with E-state index in [0.29, 0.717) is 30.4 Å². The predicted molar refractivity (Wildman–Crippen MR) is 75.1 cm³/mol. The van der Waals surface area contributed by atoms with Crippen molar-refractivity contribution in [3.63, 3.8) is 0 Å². The van der Waals surface area contributed by atoms with Gasteiger partial charge in [0.05, 0.1) is 12.8 Å². The molecule has 2 aromatic heterocycles. The first-order valence-corrected chi connectivity index (χ1v) is 6.25. The number of aromatic nitrogens is 3. The molecule has 7 nitrogen and oxygen atoms in total. The maximum atomic E-state index is 11.8. The van der Waals surface area contributed by atoms with Crippen LogP contribution in [0.4, 0.5) is 11.6 Å². The lowest BCUT2D eigenvalue weighted by atomic mass is 10.2. The van der Waals surface area contributed by atoms with Crippen LogP contribution in [0.25, 0.3) is 0 Å². The van der Waals surface area contributed by atoms with Gasteiger partial charge in [0.2, 0.25) is 0 Å². The molecule has 0 amide bonds. The van der Waals surface area contributed by atoms with Crippen molar-refractivity contribution in [3.8, 4) is 0 Å². The molecular weight excluding hydrogens is 258 g/mol. The maximum absolute atomic E-state index is 11.8. The lowest BCUT2D eigenvalue weighted by Crippen LogP contribution is -2.11. The van der Waals surface area contributed by atoms with Gasteiger partial charge in [-0.3, -0.25) is 4.68 Å². The number of carbonyl (C=O) groups excluding carboxylic acids is 1. The molecule has 2 rings (SSSR count). The van der Waals surface area contributed by atoms with Crippen molar-refractivity contribution >= 4 is 17.6 Å². The van der Waals surface area contributed by atoms with E-state index in [4.69, 9.17) is 10.5 Å². The second-order valence-electron chi connectivity index (χ2n) is 4.15. The van der Waals surface area contributed by atoms with Crippen LogP contribution >= 0.6 is 0 Å². The minimum absolute atomic E-state index is 0.322. The van der Waals surface area contributed by atoms with Gasteiger partial charge in [-0.15, -0.1) is 0 Å². The first kappa shape index (κ1) is 13.9. The van der Waals surface area contributed by atoms with Crippen LogP contribution in [0.15, 0.2) is 24.5 Å². The summed E-state index contributed by atoms with van der Waals surface area (Å²) in [5.74, 6) is 0.641. The predicted octanol–water partition coefficient (Wildman–Crippen LogP) is 1.19. The molecular formula is C13H17N5O2. The molecule has 0 spiro atoms. The second-order valence-corrected chi connectivity index (χ2v) is 4.15. The Labute approximate surface area is 116 Å². The zero-order chi connectivity index (χ0) is 14.5. The number of ether oxygens (including phenoxy) is 1. The van der Waals surface area contributed by atoms with Crippen LogP contribution in [0.2, 0.25) is 0 Å². The summed E-state index contributed by atoms with van der Waals surface area (Å²) in [5, 5.41) is 7.13. The van der Waals surface area contributed by atoms with Gasteiger partial charge >= 0.3 is 5.97 Å². The monoisotopic (exact) mass is 275 g/mol. The number of hydrogen-bond acceptors (Lipinski definition) is 6. The number of hydrogen-bond donors (Lipinski definition) is 2. The van der Waals surface area contributed by atoms with Gasteiger partial charge in [-0.2, -0.15) is 5.10 Å². The van der Waals surface area contributed by atoms with Gasteiger partial charge in [0.1, 0.15) is 17.2 Å². The lowest BCUT2D eigenvalue weighted by molar-refractivity contribution is 0.0527. The molecule has 0 atom stereocenters. The summed E-state index contributed by atoms with van der Waals surface area (Å²) in [6.45, 7) is 2.52. The van der Waals surface area contributed by atoms with Gasteiger partial charge in [-0.05, 0) is 19.1 Å². The Morgan fingerprint density at radius 3 is 3.00 bits per heavy atom. The average molecular weight is 275 g/mol. The maximum Gasteiger partial charge on any atom is 0.341 e. The number of esters is 1. The fraction of sp³-hybridized carbons (Fsp3) is 0.308. The number of pyridine rings is 1. The van der Waals surface area contributed by atoms with Crippen LogP contribution in [-0.2, 0) is 18.3 Å². The van der Waals surface area contributed by atoms with E-state index >= 15 is 0 Å². The van der Waals surface area contributed by atoms with E-state index in [1.54, 1.807) is 43.2 Å². The molecule has 0 bridgehead atoms. The van der Waals surface area contributed by atoms with Gasteiger partial charge in [0, 0.05) is 25.4 Å². The Hall–Kier alpha value is -2.57. The fourth-order valence-electron chi connectivity index (χ4n) is 1.73. The van der Waals surface area contributed by atoms with Crippen LogP contribution in [-0.4, -0.2) is 27.3 Å². The zero-order valence-electron chi connectivity index (χ0n) is 11.5. The van der Waals surface area contributed by atoms with E-state index in [-0.39, 0.29) is 0 Å². The molecule has 3 N–H and O–H groups in total. The number of nitrogens with zero attached hydrogens (tertiary/aromatic N) is 3. The number of rotatable bonds is 5. The number of nitrogen functional groups attached to an aromatic ring is 1. The highest BCUT2D eigenvalue weighted by Crippen LogP contribution is 2.16. The molecule has 2 heterocycles. The van der Waals surface area contributed by atoms with E-state index in [0.717, 1.165) is 5.56 Å². The smallest absolute Gasteiger partial charge is 0.341 e. The van der Waals surface area contributed by atoms with Crippen molar-refractivity contribution in [2.75, 3.05) is 17.7 Å². The minimum atomic E-state index is -0.401. The van der Waals surface area contributed by atoms with E-state index in [1.807, 2.05) is 0 Å². The minimum Gasteiger partial charge on any atom is -0.462 e. The number of nitrogens with one attached hydrogen (secondary N) is 1. The van der Waals surface area contributed by atoms with Crippen molar-refractivity contribution < 1.29 is 9.53 Å². The van der Waals surface area contributed by atoms with Crippen molar-refractivity contribution in [3.05, 3.63) is 35.7 Å². The molecule has 0 saturated carbocycles. The second kappa shape index (κ2) is 6.05. The standard InChI is InChI=1S/C13H17N5O2/c1-3-20-13(19)10-5-4-6-15-12(10)16-7-9-8-17-18(2)11(9)14/h4-6,8H,3,7,14H2,1-2H3,(H,15,16). The van der Waals surface area contributed by atoms with Crippen molar-refractivity contribution in [1.29, 1.82) is 0 Å². The highest BCUT2D eigenvalue weighted by molar-refractivity contribution is 5.94. The largest absolute Gasteiger partial charge is 0.462 e. The van der Waals surface area contributed by atoms with Gasteiger partial charge < -0.3 is 15.8 Å². The topological polar surface area (TPSA) is 95.1 Å². The number of aryl methyl sites for hydroxylation is 1. The highest BCUT2D eigenvalue weighted by atomic mass is 16.5. The average Bonchev–Trinajstić information content (AvgIpc) is 2.77. The van der Waals surface area contributed by atoms with Gasteiger partial charge in [-0.1, -0.05) is 0 Å². The molecule has 0 aliphatic carbocycles. The Morgan fingerprint density at radius 2 is 2.35 bits per heavy atom. The quantitative estimate of drug-likeness (QED) is 0.796. The van der Waals surface area contributed by atoms with Crippen LogP contribution in [0, 0.1) is 0 Å². The molecule has 2 aromatic rings. The Balaban J connectivity index is 2.13. The third kappa shape index (κ3) is 2.87. The van der Waals surface area contributed by atoms with E-state index in [1.165, 1.54) is 0 Å². The number of carbonyl (C=O) groups is 1. The normalized spacial score (nSPS) is 10.3. The van der Waals surface area contributed by atoms with Crippen LogP contribution in [0.5, 0.6) is 0 Å². The van der Waals surface area contributed by atoms with E-state index in [2.05, 4.69) is 15.4 Å². The molecule has 0 radical (unpaired) electrons. The van der Waals surface area contributed by atoms with Crippen LogP contribution in [0.1, 0.15) is 22.8 Å². The zero-order valence-corrected chi connectivity index (χ0v) is 11.5. The fourth-order valence-corrected chi connectivity index (χ4v) is 1.73. The molecule has 0 aliphatic rings. The van der Waals surface area contributed by atoms with Gasteiger partial charge in [0.15, 0.2) is 0 Å². The SMILES string of the molecule is CCOC(=O)c1cccnc1NCc1cnn(C)c1N. The Morgan fingerprint density at radius 1 is 1.55 bits per heavy atom. The third-order valence-corrected chi connectivity index (χ3v) is 2.81. The molecule has 7 heteroatoms. The molecule has 0 unspecified atom stereocenters. The van der Waals surface area contributed by atoms with Gasteiger partial charge in [-0.25, -0.2) is 9.78 Å². The number of anilines is 2. The third-order valence-electron chi connectivity index (χ3n) is 2.81. The summed E-state index contributed by atoms with van der Waals surface area (Å²) in [6.07, 6.45) is 3.28. The Bertz CT molecular complexity index is 609. The van der Waals surface area contributed by atoms with E-state index in [9.17, 15) is 4.79 Å². The van der Waals surface area contributed by atoms with Crippen molar-refractivity contribution in [1.82, 2.24) is 14.8 Å². The summed E-state index contributed by atoms with van der Waals surface area (Å²) >= 11 is 0. The summed E-state index contributed by atoms with van der Waals surface area (Å²) < 4.78 is 6.57. The van der Waals surface area contributed by atoms with Gasteiger partial charge in [0.25, 0.3) is 0 Å². The summed E-state index contributed by atoms with van der Waals surface area (Å²) in [6, 6.07) is 3.36. The molecule has 106 valence electrons. The highest BCUT2D eigenvalue weighted by Gasteiger charge is 2.13. The summed E-state index contributed by atoms with van der Waals surface area (Å²) in [7, 11) is 1.77. The van der Waals surface area contributed by atoms with Crippen LogP contribution < -0.4 is 11.1 Å². The van der Waals surface area contributed by atoms with Crippen molar-refractivity contribution in [2.45, 2.75) is 13.5 Å². The molecule has 20 heavy (non-hydrogen) atoms. The van der Waals surface area contributed by atoms with E-state index < -0.39 is 5.97 Å². The molecule has 0 saturated heterocycles. The molecule has 0 aliphatic heterocycles. The van der Waals surface area contributed by atoms with Crippen LogP contribution in [0.3, 0.4) is 0 Å². The first-order valence-electron chi connectivity index (χ1n) is 6.25. The number of nitrogens with two attached hydrogens (primary N) is 1. The molecule has 0 fully saturated rings. The summed E-state index contributed by atoms with van der Waals surface area (Å²) in [5.41, 5.74) is 7.10. The lowest BCUT2D eigenvalue weighted by Gasteiger charge is -2.09. The van der Waals surface area contributed by atoms with Crippen molar-refractivity contribution in [2.24, 2.45) is 7.05 Å². The first-order chi connectivity index (χ1) is 9.63. The molecule has 0 aromatic carbocycles. The Kier molecular flexibility index (Phi) is 4.19. The summed E-state index contributed by atoms with van der Waals surface area (Å²) in [4.78, 5) is 16.0.